The molecular formula is C21H28N4O4S. The molecule has 3 heterocycles. The minimum Gasteiger partial charge on any atom is -0.497 e. The second kappa shape index (κ2) is 8.89. The molecule has 0 unspecified atom stereocenters. The summed E-state index contributed by atoms with van der Waals surface area (Å²) in [7, 11) is -1.81. The van der Waals surface area contributed by atoms with E-state index in [1.165, 1.54) is 4.31 Å². The SMILES string of the molecule is COc1cccc(Nc2cc(C)nc([C@H]3CCN(S(=O)(=O)N4CCOCC4)C3)c2)c1. The van der Waals surface area contributed by atoms with Crippen LogP contribution in [0.2, 0.25) is 0 Å². The molecule has 30 heavy (non-hydrogen) atoms. The predicted octanol–water partition coefficient (Wildman–Crippen LogP) is 2.51. The summed E-state index contributed by atoms with van der Waals surface area (Å²) in [4.78, 5) is 4.70. The summed E-state index contributed by atoms with van der Waals surface area (Å²) in [6, 6.07) is 11.7. The number of morpholine rings is 1. The van der Waals surface area contributed by atoms with E-state index in [2.05, 4.69) is 5.32 Å². The molecule has 1 N–H and O–H groups in total. The van der Waals surface area contributed by atoms with Gasteiger partial charge in [0.2, 0.25) is 0 Å². The lowest BCUT2D eigenvalue weighted by Crippen LogP contribution is -2.47. The molecule has 8 nitrogen and oxygen atoms in total. The number of pyridine rings is 1. The van der Waals surface area contributed by atoms with E-state index in [0.29, 0.717) is 39.4 Å². The molecular weight excluding hydrogens is 404 g/mol. The smallest absolute Gasteiger partial charge is 0.282 e. The Morgan fingerprint density at radius 1 is 1.10 bits per heavy atom. The molecule has 9 heteroatoms. The number of benzene rings is 1. The van der Waals surface area contributed by atoms with Crippen molar-refractivity contribution >= 4 is 21.6 Å². The standard InChI is InChI=1S/C21H28N4O4S/c1-16-12-19(23-18-4-3-5-20(13-18)28-2)14-21(22-16)17-6-7-25(15-17)30(26,27)24-8-10-29-11-9-24/h3-5,12-14,17H,6-11,15H2,1-2H3,(H,22,23)/t17-/m0/s1. The molecule has 1 aromatic heterocycles. The number of aryl methyl sites for hydroxylation is 1. The molecule has 0 spiro atoms. The zero-order chi connectivity index (χ0) is 21.1. The monoisotopic (exact) mass is 432 g/mol. The molecule has 162 valence electrons. The number of ether oxygens (including phenoxy) is 2. The van der Waals surface area contributed by atoms with Crippen LogP contribution in [-0.4, -0.2) is 68.5 Å². The van der Waals surface area contributed by atoms with Gasteiger partial charge in [-0.05, 0) is 37.6 Å². The minimum absolute atomic E-state index is 0.0755. The lowest BCUT2D eigenvalue weighted by Gasteiger charge is -2.30. The van der Waals surface area contributed by atoms with Crippen molar-refractivity contribution in [3.05, 3.63) is 47.8 Å². The average molecular weight is 433 g/mol. The zero-order valence-corrected chi connectivity index (χ0v) is 18.2. The zero-order valence-electron chi connectivity index (χ0n) is 17.4. The maximum Gasteiger partial charge on any atom is 0.282 e. The van der Waals surface area contributed by atoms with E-state index in [4.69, 9.17) is 14.5 Å². The number of nitrogens with one attached hydrogen (secondary N) is 1. The Kier molecular flexibility index (Phi) is 6.24. The van der Waals surface area contributed by atoms with Gasteiger partial charge in [0, 0.05) is 60.9 Å². The lowest BCUT2D eigenvalue weighted by atomic mass is 10.0. The maximum atomic E-state index is 13.0. The third-order valence-electron chi connectivity index (χ3n) is 5.52. The molecule has 1 aromatic carbocycles. The van der Waals surface area contributed by atoms with Crippen LogP contribution >= 0.6 is 0 Å². The number of aromatic nitrogens is 1. The maximum absolute atomic E-state index is 13.0. The third-order valence-corrected chi connectivity index (χ3v) is 7.53. The molecule has 0 amide bonds. The van der Waals surface area contributed by atoms with E-state index < -0.39 is 10.2 Å². The molecule has 2 aromatic rings. The fourth-order valence-corrected chi connectivity index (χ4v) is 5.60. The first kappa shape index (κ1) is 21.0. The molecule has 4 rings (SSSR count). The van der Waals surface area contributed by atoms with Crippen LogP contribution in [0.5, 0.6) is 5.75 Å². The van der Waals surface area contributed by atoms with Gasteiger partial charge in [-0.2, -0.15) is 17.0 Å². The van der Waals surface area contributed by atoms with Gasteiger partial charge < -0.3 is 14.8 Å². The van der Waals surface area contributed by atoms with Crippen LogP contribution in [0.4, 0.5) is 11.4 Å². The van der Waals surface area contributed by atoms with Crippen molar-refractivity contribution in [2.24, 2.45) is 0 Å². The van der Waals surface area contributed by atoms with E-state index in [1.54, 1.807) is 11.4 Å². The highest BCUT2D eigenvalue weighted by molar-refractivity contribution is 7.86. The summed E-state index contributed by atoms with van der Waals surface area (Å²) < 4.78 is 39.6. The van der Waals surface area contributed by atoms with Gasteiger partial charge in [0.05, 0.1) is 20.3 Å². The van der Waals surface area contributed by atoms with Crippen molar-refractivity contribution in [2.75, 3.05) is 51.8 Å². The highest BCUT2D eigenvalue weighted by Crippen LogP contribution is 2.31. The van der Waals surface area contributed by atoms with Crippen LogP contribution in [-0.2, 0) is 14.9 Å². The van der Waals surface area contributed by atoms with Crippen molar-refractivity contribution in [2.45, 2.75) is 19.3 Å². The minimum atomic E-state index is -3.45. The van der Waals surface area contributed by atoms with Crippen molar-refractivity contribution < 1.29 is 17.9 Å². The Balaban J connectivity index is 1.49. The molecule has 2 aliphatic heterocycles. The lowest BCUT2D eigenvalue weighted by molar-refractivity contribution is 0.0705. The highest BCUT2D eigenvalue weighted by atomic mass is 32.2. The van der Waals surface area contributed by atoms with Crippen molar-refractivity contribution in [3.63, 3.8) is 0 Å². The van der Waals surface area contributed by atoms with E-state index >= 15 is 0 Å². The average Bonchev–Trinajstić information content (AvgIpc) is 3.25. The molecule has 2 aliphatic rings. The van der Waals surface area contributed by atoms with Crippen LogP contribution in [0.25, 0.3) is 0 Å². The quantitative estimate of drug-likeness (QED) is 0.755. The first-order valence-corrected chi connectivity index (χ1v) is 11.6. The molecule has 0 aliphatic carbocycles. The Hall–Kier alpha value is -2.20. The topological polar surface area (TPSA) is 84.0 Å². The van der Waals surface area contributed by atoms with E-state index in [1.807, 2.05) is 43.3 Å². The summed E-state index contributed by atoms with van der Waals surface area (Å²) in [5.41, 5.74) is 3.67. The van der Waals surface area contributed by atoms with Crippen molar-refractivity contribution in [1.82, 2.24) is 13.6 Å². The van der Waals surface area contributed by atoms with Gasteiger partial charge in [-0.1, -0.05) is 6.07 Å². The highest BCUT2D eigenvalue weighted by Gasteiger charge is 2.37. The van der Waals surface area contributed by atoms with E-state index in [-0.39, 0.29) is 5.92 Å². The summed E-state index contributed by atoms with van der Waals surface area (Å²) in [5.74, 6) is 0.859. The molecule has 0 saturated carbocycles. The second-order valence-corrected chi connectivity index (χ2v) is 9.57. The summed E-state index contributed by atoms with van der Waals surface area (Å²) in [6.07, 6.45) is 0.763. The number of methoxy groups -OCH3 is 1. The number of rotatable bonds is 6. The largest absolute Gasteiger partial charge is 0.497 e. The van der Waals surface area contributed by atoms with Crippen LogP contribution < -0.4 is 10.1 Å². The van der Waals surface area contributed by atoms with Gasteiger partial charge in [0.25, 0.3) is 10.2 Å². The molecule has 2 fully saturated rings. The fraction of sp³-hybridized carbons (Fsp3) is 0.476. The summed E-state index contributed by atoms with van der Waals surface area (Å²) in [6.45, 7) is 4.66. The Bertz CT molecular complexity index is 992. The van der Waals surface area contributed by atoms with Crippen molar-refractivity contribution in [1.29, 1.82) is 0 Å². The Labute approximate surface area is 178 Å². The van der Waals surface area contributed by atoms with Crippen LogP contribution in [0.3, 0.4) is 0 Å². The van der Waals surface area contributed by atoms with E-state index in [0.717, 1.165) is 34.9 Å². The normalized spacial score (nSPS) is 20.9. The second-order valence-electron chi connectivity index (χ2n) is 7.64. The van der Waals surface area contributed by atoms with Gasteiger partial charge in [0.1, 0.15) is 5.75 Å². The number of hydrogen-bond donors (Lipinski definition) is 1. The van der Waals surface area contributed by atoms with Crippen LogP contribution in [0.1, 0.15) is 23.7 Å². The van der Waals surface area contributed by atoms with Crippen molar-refractivity contribution in [3.8, 4) is 5.75 Å². The Morgan fingerprint density at radius 3 is 2.67 bits per heavy atom. The summed E-state index contributed by atoms with van der Waals surface area (Å²) in [5, 5.41) is 3.40. The number of nitrogens with zero attached hydrogens (tertiary/aromatic N) is 3. The number of anilines is 2. The van der Waals surface area contributed by atoms with Gasteiger partial charge in [0.15, 0.2) is 0 Å². The van der Waals surface area contributed by atoms with Gasteiger partial charge in [-0.3, -0.25) is 4.98 Å². The molecule has 0 bridgehead atoms. The molecule has 1 atom stereocenters. The predicted molar refractivity (Wildman–Crippen MR) is 115 cm³/mol. The fourth-order valence-electron chi connectivity index (χ4n) is 3.96. The van der Waals surface area contributed by atoms with E-state index in [9.17, 15) is 8.42 Å². The third kappa shape index (κ3) is 4.59. The Morgan fingerprint density at radius 2 is 1.90 bits per heavy atom. The number of hydrogen-bond acceptors (Lipinski definition) is 6. The first-order chi connectivity index (χ1) is 14.5. The van der Waals surface area contributed by atoms with Gasteiger partial charge in [-0.25, -0.2) is 0 Å². The van der Waals surface area contributed by atoms with Crippen LogP contribution in [0.15, 0.2) is 36.4 Å². The van der Waals surface area contributed by atoms with Gasteiger partial charge in [-0.15, -0.1) is 0 Å². The van der Waals surface area contributed by atoms with Gasteiger partial charge >= 0.3 is 0 Å². The van der Waals surface area contributed by atoms with Crippen LogP contribution in [0, 0.1) is 6.92 Å². The summed E-state index contributed by atoms with van der Waals surface area (Å²) >= 11 is 0. The molecule has 2 saturated heterocycles. The molecule has 0 radical (unpaired) electrons. The first-order valence-electron chi connectivity index (χ1n) is 10.2.